The molecule has 1 aliphatic heterocycles. The predicted octanol–water partition coefficient (Wildman–Crippen LogP) is 3.14. The molecule has 2 rings (SSSR count). The van der Waals surface area contributed by atoms with Gasteiger partial charge in [-0.05, 0) is 54.2 Å². The molecule has 0 atom stereocenters. The van der Waals surface area contributed by atoms with Crippen molar-refractivity contribution >= 4 is 21.7 Å². The summed E-state index contributed by atoms with van der Waals surface area (Å²) in [4.78, 5) is 6.95. The number of pyridine rings is 1. The number of aromatic nitrogens is 1. The normalized spacial score (nSPS) is 17.1. The molecule has 3 heteroatoms. The van der Waals surface area contributed by atoms with Gasteiger partial charge in [-0.25, -0.2) is 4.98 Å². The van der Waals surface area contributed by atoms with Crippen LogP contribution in [0.4, 0.5) is 5.82 Å². The first-order valence-electron chi connectivity index (χ1n) is 5.15. The van der Waals surface area contributed by atoms with Crippen LogP contribution in [0.5, 0.6) is 0 Å². The van der Waals surface area contributed by atoms with E-state index in [4.69, 9.17) is 0 Å². The van der Waals surface area contributed by atoms with Gasteiger partial charge in [-0.2, -0.15) is 0 Å². The summed E-state index contributed by atoms with van der Waals surface area (Å²) >= 11 is 3.56. The second kappa shape index (κ2) is 4.30. The van der Waals surface area contributed by atoms with Crippen molar-refractivity contribution in [2.24, 2.45) is 0 Å². The fourth-order valence-electron chi connectivity index (χ4n) is 1.85. The average Bonchev–Trinajstić information content (AvgIpc) is 2.23. The van der Waals surface area contributed by atoms with E-state index in [9.17, 15) is 0 Å². The Hall–Kier alpha value is -0.570. The first-order chi connectivity index (χ1) is 6.77. The quantitative estimate of drug-likeness (QED) is 0.766. The van der Waals surface area contributed by atoms with Crippen LogP contribution in [0.25, 0.3) is 0 Å². The van der Waals surface area contributed by atoms with Crippen LogP contribution in [0.1, 0.15) is 25.0 Å². The highest BCUT2D eigenvalue weighted by Crippen LogP contribution is 2.26. The molecule has 1 fully saturated rings. The summed E-state index contributed by atoms with van der Waals surface area (Å²) in [5.41, 5.74) is 1.09. The number of nitrogens with zero attached hydrogens (tertiary/aromatic N) is 2. The number of piperidine rings is 1. The molecule has 0 N–H and O–H groups in total. The summed E-state index contributed by atoms with van der Waals surface area (Å²) in [6.45, 7) is 4.34. The van der Waals surface area contributed by atoms with Gasteiger partial charge in [0.2, 0.25) is 0 Å². The van der Waals surface area contributed by atoms with Crippen molar-refractivity contribution in [1.82, 2.24) is 4.98 Å². The minimum Gasteiger partial charge on any atom is -0.356 e. The van der Waals surface area contributed by atoms with E-state index in [0.29, 0.717) is 0 Å². The van der Waals surface area contributed by atoms with Crippen molar-refractivity contribution in [3.63, 3.8) is 0 Å². The lowest BCUT2D eigenvalue weighted by atomic mass is 10.1. The molecule has 2 nitrogen and oxygen atoms in total. The monoisotopic (exact) mass is 254 g/mol. The number of rotatable bonds is 1. The van der Waals surface area contributed by atoms with Crippen molar-refractivity contribution in [2.75, 3.05) is 18.0 Å². The minimum atomic E-state index is 1.09. The maximum atomic E-state index is 4.58. The fourth-order valence-corrected chi connectivity index (χ4v) is 2.33. The van der Waals surface area contributed by atoms with E-state index in [2.05, 4.69) is 31.9 Å². The second-order valence-electron chi connectivity index (χ2n) is 3.81. The van der Waals surface area contributed by atoms with Crippen LogP contribution < -0.4 is 4.90 Å². The van der Waals surface area contributed by atoms with Gasteiger partial charge in [0.05, 0.1) is 4.47 Å². The number of aryl methyl sites for hydroxylation is 1. The largest absolute Gasteiger partial charge is 0.356 e. The molecule has 1 aromatic heterocycles. The van der Waals surface area contributed by atoms with E-state index < -0.39 is 0 Å². The van der Waals surface area contributed by atoms with Crippen molar-refractivity contribution in [3.05, 3.63) is 22.3 Å². The highest BCUT2D eigenvalue weighted by atomic mass is 79.9. The Kier molecular flexibility index (Phi) is 3.06. The maximum absolute atomic E-state index is 4.58. The summed E-state index contributed by atoms with van der Waals surface area (Å²) in [5, 5.41) is 0. The van der Waals surface area contributed by atoms with Gasteiger partial charge in [0.25, 0.3) is 0 Å². The van der Waals surface area contributed by atoms with E-state index in [1.807, 2.05) is 13.0 Å². The molecular weight excluding hydrogens is 240 g/mol. The zero-order valence-corrected chi connectivity index (χ0v) is 10.0. The van der Waals surface area contributed by atoms with Gasteiger partial charge in [-0.15, -0.1) is 0 Å². The standard InChI is InChI=1S/C11H15BrN2/c1-9-5-6-10(12)11(13-9)14-7-3-2-4-8-14/h5-6H,2-4,7-8H2,1H3. The highest BCUT2D eigenvalue weighted by Gasteiger charge is 2.14. The molecule has 0 amide bonds. The van der Waals surface area contributed by atoms with Crippen LogP contribution in [0.2, 0.25) is 0 Å². The third-order valence-electron chi connectivity index (χ3n) is 2.62. The van der Waals surface area contributed by atoms with Crippen molar-refractivity contribution in [2.45, 2.75) is 26.2 Å². The van der Waals surface area contributed by atoms with E-state index >= 15 is 0 Å². The summed E-state index contributed by atoms with van der Waals surface area (Å²) < 4.78 is 1.12. The van der Waals surface area contributed by atoms with Gasteiger partial charge in [0, 0.05) is 18.8 Å². The summed E-state index contributed by atoms with van der Waals surface area (Å²) in [6.07, 6.45) is 3.95. The smallest absolute Gasteiger partial charge is 0.143 e. The maximum Gasteiger partial charge on any atom is 0.143 e. The third-order valence-corrected chi connectivity index (χ3v) is 3.24. The van der Waals surface area contributed by atoms with Crippen molar-refractivity contribution in [3.8, 4) is 0 Å². The first kappa shape index (κ1) is 9.97. The molecule has 76 valence electrons. The van der Waals surface area contributed by atoms with E-state index in [-0.39, 0.29) is 0 Å². The van der Waals surface area contributed by atoms with Gasteiger partial charge >= 0.3 is 0 Å². The molecule has 0 spiro atoms. The molecular formula is C11H15BrN2. The van der Waals surface area contributed by atoms with E-state index in [1.165, 1.54) is 19.3 Å². The molecule has 0 aromatic carbocycles. The molecule has 0 radical (unpaired) electrons. The molecule has 0 unspecified atom stereocenters. The van der Waals surface area contributed by atoms with Crippen LogP contribution >= 0.6 is 15.9 Å². The first-order valence-corrected chi connectivity index (χ1v) is 5.95. The van der Waals surface area contributed by atoms with Gasteiger partial charge < -0.3 is 4.90 Å². The predicted molar refractivity (Wildman–Crippen MR) is 62.7 cm³/mol. The molecule has 0 aliphatic carbocycles. The molecule has 2 heterocycles. The summed E-state index contributed by atoms with van der Waals surface area (Å²) in [5.74, 6) is 1.12. The van der Waals surface area contributed by atoms with Crippen molar-refractivity contribution < 1.29 is 0 Å². The molecule has 14 heavy (non-hydrogen) atoms. The van der Waals surface area contributed by atoms with Crippen LogP contribution in [0, 0.1) is 6.92 Å². The second-order valence-corrected chi connectivity index (χ2v) is 4.66. The Labute approximate surface area is 93.5 Å². The van der Waals surface area contributed by atoms with Gasteiger partial charge in [0.1, 0.15) is 5.82 Å². The molecule has 1 saturated heterocycles. The van der Waals surface area contributed by atoms with Gasteiger partial charge in [-0.3, -0.25) is 0 Å². The molecule has 0 bridgehead atoms. The number of halogens is 1. The zero-order chi connectivity index (χ0) is 9.97. The number of anilines is 1. The fraction of sp³-hybridized carbons (Fsp3) is 0.545. The topological polar surface area (TPSA) is 16.1 Å². The van der Waals surface area contributed by atoms with Gasteiger partial charge in [0.15, 0.2) is 0 Å². The van der Waals surface area contributed by atoms with Crippen LogP contribution in [0.3, 0.4) is 0 Å². The van der Waals surface area contributed by atoms with Crippen LogP contribution in [-0.4, -0.2) is 18.1 Å². The number of hydrogen-bond donors (Lipinski definition) is 0. The SMILES string of the molecule is Cc1ccc(Br)c(N2CCCCC2)n1. The van der Waals surface area contributed by atoms with Crippen LogP contribution in [-0.2, 0) is 0 Å². The Balaban J connectivity index is 2.24. The Morgan fingerprint density at radius 1 is 1.21 bits per heavy atom. The van der Waals surface area contributed by atoms with Crippen LogP contribution in [0.15, 0.2) is 16.6 Å². The molecule has 1 aliphatic rings. The zero-order valence-electron chi connectivity index (χ0n) is 8.46. The summed E-state index contributed by atoms with van der Waals surface area (Å²) in [7, 11) is 0. The molecule has 1 aromatic rings. The summed E-state index contributed by atoms with van der Waals surface area (Å²) in [6, 6.07) is 4.13. The average molecular weight is 255 g/mol. The lowest BCUT2D eigenvalue weighted by Gasteiger charge is -2.28. The Morgan fingerprint density at radius 2 is 1.93 bits per heavy atom. The van der Waals surface area contributed by atoms with E-state index in [0.717, 1.165) is 29.1 Å². The van der Waals surface area contributed by atoms with Crippen molar-refractivity contribution in [1.29, 1.82) is 0 Å². The minimum absolute atomic E-state index is 1.09. The van der Waals surface area contributed by atoms with Gasteiger partial charge in [-0.1, -0.05) is 0 Å². The third kappa shape index (κ3) is 2.08. The highest BCUT2D eigenvalue weighted by molar-refractivity contribution is 9.10. The lowest BCUT2D eigenvalue weighted by molar-refractivity contribution is 0.572. The lowest BCUT2D eigenvalue weighted by Crippen LogP contribution is -2.30. The van der Waals surface area contributed by atoms with E-state index in [1.54, 1.807) is 0 Å². The molecule has 0 saturated carbocycles. The Morgan fingerprint density at radius 3 is 2.64 bits per heavy atom. The number of hydrogen-bond acceptors (Lipinski definition) is 2. The Bertz CT molecular complexity index is 319.